The van der Waals surface area contributed by atoms with E-state index in [0.29, 0.717) is 0 Å². The molecule has 1 saturated heterocycles. The number of aliphatic hydroxyl groups is 1. The second-order valence-corrected chi connectivity index (χ2v) is 5.88. The Bertz CT molecular complexity index is 624. The number of ether oxygens (including phenoxy) is 2. The van der Waals surface area contributed by atoms with Crippen LogP contribution in [0.15, 0.2) is 48.5 Å². The summed E-state index contributed by atoms with van der Waals surface area (Å²) < 4.78 is 10.7. The van der Waals surface area contributed by atoms with E-state index in [1.807, 2.05) is 48.5 Å². The Morgan fingerprint density at radius 3 is 1.96 bits per heavy atom. The lowest BCUT2D eigenvalue weighted by Crippen LogP contribution is -2.46. The summed E-state index contributed by atoms with van der Waals surface area (Å²) in [6, 6.07) is 15.3. The van der Waals surface area contributed by atoms with Crippen LogP contribution in [0, 0.1) is 0 Å². The van der Waals surface area contributed by atoms with E-state index in [9.17, 15) is 5.11 Å². The zero-order chi connectivity index (χ0) is 16.3. The molecular weight excluding hydrogens is 326 g/mol. The van der Waals surface area contributed by atoms with E-state index in [2.05, 4.69) is 5.32 Å². The molecule has 3 rings (SSSR count). The van der Waals surface area contributed by atoms with Crippen LogP contribution in [0.4, 0.5) is 0 Å². The summed E-state index contributed by atoms with van der Waals surface area (Å²) in [5.41, 5.74) is 0.522. The Hall–Kier alpha value is -1.75. The van der Waals surface area contributed by atoms with Crippen LogP contribution < -0.4 is 14.8 Å². The maximum Gasteiger partial charge on any atom is 0.130 e. The van der Waals surface area contributed by atoms with Crippen molar-refractivity contribution < 1.29 is 14.6 Å². The van der Waals surface area contributed by atoms with Crippen LogP contribution in [0.1, 0.15) is 24.0 Å². The normalized spacial score (nSPS) is 17.2. The van der Waals surface area contributed by atoms with Gasteiger partial charge in [-0.1, -0.05) is 24.3 Å². The number of benzene rings is 2. The average Bonchev–Trinajstić information content (AvgIpc) is 3.16. The predicted molar refractivity (Wildman–Crippen MR) is 97.3 cm³/mol. The molecule has 130 valence electrons. The van der Waals surface area contributed by atoms with Gasteiger partial charge in [-0.25, -0.2) is 0 Å². The second-order valence-electron chi connectivity index (χ2n) is 5.88. The van der Waals surface area contributed by atoms with Crippen LogP contribution >= 0.6 is 12.4 Å². The van der Waals surface area contributed by atoms with Gasteiger partial charge in [0.1, 0.15) is 17.1 Å². The average molecular weight is 350 g/mol. The Kier molecular flexibility index (Phi) is 6.10. The fourth-order valence-corrected chi connectivity index (χ4v) is 3.33. The predicted octanol–water partition coefficient (Wildman–Crippen LogP) is 3.11. The molecule has 1 fully saturated rings. The first kappa shape index (κ1) is 18.6. The van der Waals surface area contributed by atoms with E-state index < -0.39 is 5.60 Å². The maximum absolute atomic E-state index is 11.7. The lowest BCUT2D eigenvalue weighted by atomic mass is 9.79. The molecule has 0 unspecified atom stereocenters. The molecule has 2 aromatic carbocycles. The van der Waals surface area contributed by atoms with Crippen LogP contribution in [-0.4, -0.2) is 31.9 Å². The first-order valence-corrected chi connectivity index (χ1v) is 7.93. The molecule has 24 heavy (non-hydrogen) atoms. The molecule has 1 aliphatic rings. The molecular formula is C19H24ClNO3. The minimum Gasteiger partial charge on any atom is -0.497 e. The minimum atomic E-state index is -1.13. The van der Waals surface area contributed by atoms with Gasteiger partial charge in [-0.15, -0.1) is 12.4 Å². The summed E-state index contributed by atoms with van der Waals surface area (Å²) in [7, 11) is 3.27. The van der Waals surface area contributed by atoms with Gasteiger partial charge in [0, 0.05) is 6.04 Å². The smallest absolute Gasteiger partial charge is 0.130 e. The van der Waals surface area contributed by atoms with Crippen molar-refractivity contribution in [3.05, 3.63) is 59.7 Å². The molecule has 1 aliphatic heterocycles. The van der Waals surface area contributed by atoms with Crippen LogP contribution in [-0.2, 0) is 5.60 Å². The van der Waals surface area contributed by atoms with E-state index in [1.54, 1.807) is 14.2 Å². The molecule has 2 aromatic rings. The molecule has 4 nitrogen and oxygen atoms in total. The highest BCUT2D eigenvalue weighted by atomic mass is 35.5. The molecule has 5 heteroatoms. The number of hydrogen-bond acceptors (Lipinski definition) is 4. The summed E-state index contributed by atoms with van der Waals surface area (Å²) in [6.07, 6.45) is 1.98. The highest BCUT2D eigenvalue weighted by Crippen LogP contribution is 2.38. The first-order valence-electron chi connectivity index (χ1n) is 7.93. The number of halogens is 1. The van der Waals surface area contributed by atoms with E-state index in [0.717, 1.165) is 42.0 Å². The quantitative estimate of drug-likeness (QED) is 0.870. The van der Waals surface area contributed by atoms with Crippen LogP contribution in [0.3, 0.4) is 0 Å². The summed E-state index contributed by atoms with van der Waals surface area (Å²) in [5.74, 6) is 1.48. The molecule has 0 spiro atoms. The van der Waals surface area contributed by atoms with Gasteiger partial charge in [-0.3, -0.25) is 0 Å². The molecule has 0 radical (unpaired) electrons. The van der Waals surface area contributed by atoms with Crippen molar-refractivity contribution in [3.8, 4) is 11.5 Å². The molecule has 0 aliphatic carbocycles. The maximum atomic E-state index is 11.7. The van der Waals surface area contributed by atoms with Gasteiger partial charge in [0.2, 0.25) is 0 Å². The van der Waals surface area contributed by atoms with E-state index >= 15 is 0 Å². The lowest BCUT2D eigenvalue weighted by Gasteiger charge is -2.35. The summed E-state index contributed by atoms with van der Waals surface area (Å²) >= 11 is 0. The van der Waals surface area contributed by atoms with Crippen molar-refractivity contribution >= 4 is 12.4 Å². The number of nitrogens with one attached hydrogen (secondary N) is 1. The van der Waals surface area contributed by atoms with Gasteiger partial charge in [-0.2, -0.15) is 0 Å². The van der Waals surface area contributed by atoms with Crippen molar-refractivity contribution in [3.63, 3.8) is 0 Å². The molecule has 1 atom stereocenters. The SMILES string of the molecule is COc1cccc(C(O)(c2cccc(OC)c2)[C@H]2CCCN2)c1.Cl. The summed E-state index contributed by atoms with van der Waals surface area (Å²) in [4.78, 5) is 0. The van der Waals surface area contributed by atoms with Crippen LogP contribution in [0.25, 0.3) is 0 Å². The third-order valence-electron chi connectivity index (χ3n) is 4.58. The zero-order valence-corrected chi connectivity index (χ0v) is 14.8. The fourth-order valence-electron chi connectivity index (χ4n) is 3.33. The van der Waals surface area contributed by atoms with E-state index in [4.69, 9.17) is 9.47 Å². The Labute approximate surface area is 149 Å². The van der Waals surface area contributed by atoms with Gasteiger partial charge >= 0.3 is 0 Å². The molecule has 1 heterocycles. The highest BCUT2D eigenvalue weighted by Gasteiger charge is 2.42. The molecule has 2 N–H and O–H groups in total. The van der Waals surface area contributed by atoms with Crippen molar-refractivity contribution in [1.82, 2.24) is 5.32 Å². The van der Waals surface area contributed by atoms with E-state index in [1.165, 1.54) is 0 Å². The van der Waals surface area contributed by atoms with Gasteiger partial charge in [0.05, 0.1) is 14.2 Å². The van der Waals surface area contributed by atoms with Crippen LogP contribution in [0.2, 0.25) is 0 Å². The van der Waals surface area contributed by atoms with Gasteiger partial charge < -0.3 is 19.9 Å². The zero-order valence-electron chi connectivity index (χ0n) is 14.0. The summed E-state index contributed by atoms with van der Waals surface area (Å²) in [5, 5.41) is 15.2. The van der Waals surface area contributed by atoms with Gasteiger partial charge in [0.15, 0.2) is 0 Å². The third-order valence-corrected chi connectivity index (χ3v) is 4.58. The van der Waals surface area contributed by atoms with Gasteiger partial charge in [-0.05, 0) is 54.8 Å². The highest BCUT2D eigenvalue weighted by molar-refractivity contribution is 5.85. The summed E-state index contributed by atoms with van der Waals surface area (Å²) in [6.45, 7) is 0.918. The monoisotopic (exact) mass is 349 g/mol. The lowest BCUT2D eigenvalue weighted by molar-refractivity contribution is 0.0438. The molecule has 0 amide bonds. The molecule has 0 aromatic heterocycles. The topological polar surface area (TPSA) is 50.7 Å². The van der Waals surface area contributed by atoms with Crippen molar-refractivity contribution in [2.24, 2.45) is 0 Å². The number of rotatable bonds is 5. The first-order chi connectivity index (χ1) is 11.2. The largest absolute Gasteiger partial charge is 0.497 e. The minimum absolute atomic E-state index is 0. The number of methoxy groups -OCH3 is 2. The van der Waals surface area contributed by atoms with Crippen molar-refractivity contribution in [2.75, 3.05) is 20.8 Å². The number of hydrogen-bond donors (Lipinski definition) is 2. The van der Waals surface area contributed by atoms with Gasteiger partial charge in [0.25, 0.3) is 0 Å². The molecule has 0 bridgehead atoms. The van der Waals surface area contributed by atoms with E-state index in [-0.39, 0.29) is 18.4 Å². The fraction of sp³-hybridized carbons (Fsp3) is 0.368. The van der Waals surface area contributed by atoms with Crippen molar-refractivity contribution in [1.29, 1.82) is 0 Å². The Balaban J connectivity index is 0.00000208. The third kappa shape index (κ3) is 3.36. The standard InChI is InChI=1S/C19H23NO3.ClH/c1-22-16-8-3-6-14(12-16)19(21,18-10-5-11-20-18)15-7-4-9-17(13-15)23-2;/h3-4,6-9,12-13,18,20-21H,5,10-11H2,1-2H3;1H/t18-;/m1./s1. The molecule has 0 saturated carbocycles. The van der Waals surface area contributed by atoms with Crippen molar-refractivity contribution in [2.45, 2.75) is 24.5 Å². The Morgan fingerprint density at radius 1 is 1.00 bits per heavy atom. The second kappa shape index (κ2) is 7.88. The Morgan fingerprint density at radius 2 is 1.54 bits per heavy atom. The van der Waals surface area contributed by atoms with Crippen LogP contribution in [0.5, 0.6) is 11.5 Å².